The molecule has 0 aromatic heterocycles. The Labute approximate surface area is 131 Å². The molecule has 0 saturated carbocycles. The number of ether oxygens (including phenoxy) is 1. The quantitative estimate of drug-likeness (QED) is 0.861. The van der Waals surface area contributed by atoms with Crippen LogP contribution in [0.2, 0.25) is 0 Å². The van der Waals surface area contributed by atoms with Gasteiger partial charge in [-0.05, 0) is 29.7 Å². The highest BCUT2D eigenvalue weighted by Crippen LogP contribution is 2.26. The smallest absolute Gasteiger partial charge is 0.0579 e. The molecular formula is C19H23NO2. The lowest BCUT2D eigenvalue weighted by atomic mass is 9.87. The molecule has 0 bridgehead atoms. The predicted molar refractivity (Wildman–Crippen MR) is 88.7 cm³/mol. The average Bonchev–Trinajstić information content (AvgIpc) is 2.51. The maximum atomic E-state index is 9.43. The summed E-state index contributed by atoms with van der Waals surface area (Å²) in [5.41, 5.74) is 4.94. The van der Waals surface area contributed by atoms with Gasteiger partial charge in [-0.2, -0.15) is 0 Å². The molecule has 3 heteroatoms. The summed E-state index contributed by atoms with van der Waals surface area (Å²) in [6, 6.07) is 17.2. The van der Waals surface area contributed by atoms with Crippen molar-refractivity contribution in [1.29, 1.82) is 0 Å². The van der Waals surface area contributed by atoms with Crippen LogP contribution in [0, 0.1) is 12.3 Å². The standard InChI is InChI=1S/C19H23NO2/c1-15-5-7-17(8-6-15)18-4-2-3-16(9-18)10-20-11-19(12-21)13-22-14-19/h2-9,20-21H,10-14H2,1H3. The van der Waals surface area contributed by atoms with Gasteiger partial charge in [0, 0.05) is 13.1 Å². The number of aliphatic hydroxyl groups is 1. The summed E-state index contributed by atoms with van der Waals surface area (Å²) in [5.74, 6) is 0. The Hall–Kier alpha value is -1.68. The van der Waals surface area contributed by atoms with Gasteiger partial charge in [0.1, 0.15) is 0 Å². The highest BCUT2D eigenvalue weighted by molar-refractivity contribution is 5.64. The van der Waals surface area contributed by atoms with Gasteiger partial charge in [0.05, 0.1) is 25.2 Å². The molecule has 3 rings (SSSR count). The highest BCUT2D eigenvalue weighted by Gasteiger charge is 2.37. The van der Waals surface area contributed by atoms with Gasteiger partial charge in [-0.15, -0.1) is 0 Å². The minimum atomic E-state index is -0.0748. The van der Waals surface area contributed by atoms with Crippen molar-refractivity contribution in [2.45, 2.75) is 13.5 Å². The van der Waals surface area contributed by atoms with Crippen LogP contribution in [0.1, 0.15) is 11.1 Å². The van der Waals surface area contributed by atoms with Crippen LogP contribution in [-0.2, 0) is 11.3 Å². The van der Waals surface area contributed by atoms with Gasteiger partial charge >= 0.3 is 0 Å². The number of hydrogen-bond acceptors (Lipinski definition) is 3. The van der Waals surface area contributed by atoms with Crippen LogP contribution in [0.25, 0.3) is 11.1 Å². The summed E-state index contributed by atoms with van der Waals surface area (Å²) in [5, 5.41) is 12.9. The van der Waals surface area contributed by atoms with Crippen LogP contribution in [-0.4, -0.2) is 31.5 Å². The molecule has 116 valence electrons. The Kier molecular flexibility index (Phi) is 4.57. The molecule has 1 saturated heterocycles. The van der Waals surface area contributed by atoms with E-state index in [1.54, 1.807) is 0 Å². The molecule has 1 aliphatic rings. The summed E-state index contributed by atoms with van der Waals surface area (Å²) in [4.78, 5) is 0. The van der Waals surface area contributed by atoms with Gasteiger partial charge < -0.3 is 15.2 Å². The molecular weight excluding hydrogens is 274 g/mol. The van der Waals surface area contributed by atoms with Crippen molar-refractivity contribution in [3.05, 3.63) is 59.7 Å². The molecule has 22 heavy (non-hydrogen) atoms. The maximum absolute atomic E-state index is 9.43. The second-order valence-electron chi connectivity index (χ2n) is 6.32. The van der Waals surface area contributed by atoms with Gasteiger partial charge in [0.15, 0.2) is 0 Å². The van der Waals surface area contributed by atoms with E-state index < -0.39 is 0 Å². The third-order valence-electron chi connectivity index (χ3n) is 4.29. The van der Waals surface area contributed by atoms with Crippen molar-refractivity contribution in [2.75, 3.05) is 26.4 Å². The monoisotopic (exact) mass is 297 g/mol. The first kappa shape index (κ1) is 15.2. The largest absolute Gasteiger partial charge is 0.396 e. The summed E-state index contributed by atoms with van der Waals surface area (Å²) < 4.78 is 5.22. The van der Waals surface area contributed by atoms with E-state index in [0.717, 1.165) is 13.1 Å². The van der Waals surface area contributed by atoms with E-state index in [0.29, 0.717) is 13.2 Å². The Balaban J connectivity index is 1.63. The molecule has 0 unspecified atom stereocenters. The zero-order chi connectivity index (χ0) is 15.4. The molecule has 2 N–H and O–H groups in total. The maximum Gasteiger partial charge on any atom is 0.0579 e. The molecule has 0 spiro atoms. The average molecular weight is 297 g/mol. The summed E-state index contributed by atoms with van der Waals surface area (Å²) in [6.45, 7) is 5.19. The second-order valence-corrected chi connectivity index (χ2v) is 6.32. The third-order valence-corrected chi connectivity index (χ3v) is 4.29. The Morgan fingerprint density at radius 1 is 1.09 bits per heavy atom. The summed E-state index contributed by atoms with van der Waals surface area (Å²) in [7, 11) is 0. The van der Waals surface area contributed by atoms with Crippen molar-refractivity contribution in [2.24, 2.45) is 5.41 Å². The molecule has 3 nitrogen and oxygen atoms in total. The lowest BCUT2D eigenvalue weighted by Gasteiger charge is -2.40. The number of rotatable bonds is 6. The SMILES string of the molecule is Cc1ccc(-c2cccc(CNCC3(CO)COC3)c2)cc1. The van der Waals surface area contributed by atoms with Crippen LogP contribution in [0.4, 0.5) is 0 Å². The second kappa shape index (κ2) is 6.61. The van der Waals surface area contributed by atoms with E-state index in [4.69, 9.17) is 4.74 Å². The topological polar surface area (TPSA) is 41.5 Å². The van der Waals surface area contributed by atoms with Crippen molar-refractivity contribution in [1.82, 2.24) is 5.32 Å². The number of nitrogens with one attached hydrogen (secondary N) is 1. The zero-order valence-electron chi connectivity index (χ0n) is 13.0. The molecule has 2 aromatic rings. The first-order valence-corrected chi connectivity index (χ1v) is 7.76. The van der Waals surface area contributed by atoms with E-state index in [9.17, 15) is 5.11 Å². The Morgan fingerprint density at radius 2 is 1.86 bits per heavy atom. The fourth-order valence-corrected chi connectivity index (χ4v) is 2.72. The minimum Gasteiger partial charge on any atom is -0.396 e. The molecule has 1 aliphatic heterocycles. The van der Waals surface area contributed by atoms with Crippen LogP contribution in [0.15, 0.2) is 48.5 Å². The fourth-order valence-electron chi connectivity index (χ4n) is 2.72. The summed E-state index contributed by atoms with van der Waals surface area (Å²) in [6.07, 6.45) is 0. The van der Waals surface area contributed by atoms with E-state index in [1.807, 2.05) is 0 Å². The van der Waals surface area contributed by atoms with Crippen LogP contribution < -0.4 is 5.32 Å². The van der Waals surface area contributed by atoms with Gasteiger partial charge in [0.2, 0.25) is 0 Å². The van der Waals surface area contributed by atoms with Crippen LogP contribution >= 0.6 is 0 Å². The first-order chi connectivity index (χ1) is 10.7. The van der Waals surface area contributed by atoms with Crippen molar-refractivity contribution < 1.29 is 9.84 Å². The fraction of sp³-hybridized carbons (Fsp3) is 0.368. The van der Waals surface area contributed by atoms with E-state index >= 15 is 0 Å². The first-order valence-electron chi connectivity index (χ1n) is 7.76. The van der Waals surface area contributed by atoms with Crippen LogP contribution in [0.3, 0.4) is 0 Å². The van der Waals surface area contributed by atoms with Crippen molar-refractivity contribution in [3.8, 4) is 11.1 Å². The molecule has 2 aromatic carbocycles. The number of hydrogen-bond donors (Lipinski definition) is 2. The molecule has 0 amide bonds. The van der Waals surface area contributed by atoms with Gasteiger partial charge in [-0.3, -0.25) is 0 Å². The van der Waals surface area contributed by atoms with Gasteiger partial charge in [-0.25, -0.2) is 0 Å². The lowest BCUT2D eigenvalue weighted by molar-refractivity contribution is -0.134. The highest BCUT2D eigenvalue weighted by atomic mass is 16.5. The molecule has 1 fully saturated rings. The number of benzene rings is 2. The van der Waals surface area contributed by atoms with Gasteiger partial charge in [-0.1, -0.05) is 48.0 Å². The van der Waals surface area contributed by atoms with Crippen molar-refractivity contribution in [3.63, 3.8) is 0 Å². The molecule has 0 atom stereocenters. The van der Waals surface area contributed by atoms with E-state index in [1.165, 1.54) is 22.3 Å². The molecule has 0 aliphatic carbocycles. The number of aliphatic hydroxyl groups excluding tert-OH is 1. The predicted octanol–water partition coefficient (Wildman–Crippen LogP) is 2.76. The normalized spacial score (nSPS) is 16.3. The van der Waals surface area contributed by atoms with Crippen LogP contribution in [0.5, 0.6) is 0 Å². The van der Waals surface area contributed by atoms with E-state index in [2.05, 4.69) is 60.8 Å². The summed E-state index contributed by atoms with van der Waals surface area (Å²) >= 11 is 0. The number of aryl methyl sites for hydroxylation is 1. The minimum absolute atomic E-state index is 0.0748. The van der Waals surface area contributed by atoms with Crippen molar-refractivity contribution >= 4 is 0 Å². The van der Waals surface area contributed by atoms with E-state index in [-0.39, 0.29) is 12.0 Å². The van der Waals surface area contributed by atoms with Gasteiger partial charge in [0.25, 0.3) is 0 Å². The zero-order valence-corrected chi connectivity index (χ0v) is 13.0. The molecule has 0 radical (unpaired) electrons. The third kappa shape index (κ3) is 3.38. The Bertz CT molecular complexity index is 612. The molecule has 1 heterocycles. The lowest BCUT2D eigenvalue weighted by Crippen LogP contribution is -2.52. The Morgan fingerprint density at radius 3 is 2.50 bits per heavy atom.